The van der Waals surface area contributed by atoms with Crippen LogP contribution in [0.4, 0.5) is 0 Å². The van der Waals surface area contributed by atoms with Crippen molar-refractivity contribution in [1.29, 1.82) is 0 Å². The maximum absolute atomic E-state index is 12.8. The number of carbonyl (C=O) groups is 1. The summed E-state index contributed by atoms with van der Waals surface area (Å²) in [5, 5.41) is 5.16. The molecular weight excluding hydrogens is 374 g/mol. The van der Waals surface area contributed by atoms with Crippen molar-refractivity contribution in [3.63, 3.8) is 0 Å². The molecule has 0 saturated heterocycles. The molecule has 3 aromatic rings. The lowest BCUT2D eigenvalue weighted by molar-refractivity contribution is -0.120. The van der Waals surface area contributed by atoms with E-state index in [-0.39, 0.29) is 18.4 Å². The summed E-state index contributed by atoms with van der Waals surface area (Å²) in [6.45, 7) is 0. The molecule has 1 N–H and O–H groups in total. The van der Waals surface area contributed by atoms with Crippen molar-refractivity contribution in [2.45, 2.75) is 12.5 Å². The first-order chi connectivity index (χ1) is 13.7. The molecule has 5 nitrogen and oxygen atoms in total. The molecule has 1 heterocycles. The molecule has 1 aromatic heterocycles. The van der Waals surface area contributed by atoms with Crippen LogP contribution < -0.4 is 19.5 Å². The van der Waals surface area contributed by atoms with Gasteiger partial charge in [0.05, 0.1) is 33.8 Å². The number of rotatable bonds is 8. The van der Waals surface area contributed by atoms with Crippen LogP contribution >= 0.6 is 11.3 Å². The third kappa shape index (κ3) is 4.46. The molecule has 0 aliphatic carbocycles. The van der Waals surface area contributed by atoms with Gasteiger partial charge in [-0.25, -0.2) is 0 Å². The van der Waals surface area contributed by atoms with Gasteiger partial charge in [0, 0.05) is 4.88 Å². The lowest BCUT2D eigenvalue weighted by Crippen LogP contribution is -2.30. The van der Waals surface area contributed by atoms with Crippen LogP contribution in [-0.4, -0.2) is 27.2 Å². The molecule has 1 amide bonds. The number of methoxy groups -OCH3 is 3. The Kier molecular flexibility index (Phi) is 6.55. The van der Waals surface area contributed by atoms with Gasteiger partial charge in [-0.05, 0) is 34.7 Å². The molecule has 0 aliphatic heterocycles. The highest BCUT2D eigenvalue weighted by Crippen LogP contribution is 2.38. The summed E-state index contributed by atoms with van der Waals surface area (Å²) in [7, 11) is 4.67. The van der Waals surface area contributed by atoms with Crippen LogP contribution in [0.25, 0.3) is 0 Å². The van der Waals surface area contributed by atoms with Crippen molar-refractivity contribution in [3.05, 3.63) is 76.0 Å². The van der Waals surface area contributed by atoms with E-state index < -0.39 is 0 Å². The number of ether oxygens (including phenoxy) is 3. The summed E-state index contributed by atoms with van der Waals surface area (Å²) >= 11 is 1.62. The smallest absolute Gasteiger partial charge is 0.225 e. The summed E-state index contributed by atoms with van der Waals surface area (Å²) in [4.78, 5) is 13.9. The second-order valence-corrected chi connectivity index (χ2v) is 7.12. The zero-order valence-electron chi connectivity index (χ0n) is 16.1. The van der Waals surface area contributed by atoms with Crippen molar-refractivity contribution in [2.24, 2.45) is 0 Å². The first kappa shape index (κ1) is 19.8. The largest absolute Gasteiger partial charge is 0.493 e. The summed E-state index contributed by atoms with van der Waals surface area (Å²) in [5.41, 5.74) is 1.83. The standard InChI is InChI=1S/C22H23NO4S/c1-25-17-12-15(13-18(26-2)22(17)27-3)14-20(24)23-21(19-10-7-11-28-19)16-8-5-4-6-9-16/h4-13,21H,14H2,1-3H3,(H,23,24)/t21-/m1/s1. The van der Waals surface area contributed by atoms with E-state index in [9.17, 15) is 4.79 Å². The fourth-order valence-corrected chi connectivity index (χ4v) is 3.86. The van der Waals surface area contributed by atoms with E-state index in [0.717, 1.165) is 16.0 Å². The fraction of sp³-hybridized carbons (Fsp3) is 0.227. The van der Waals surface area contributed by atoms with Crippen molar-refractivity contribution in [2.75, 3.05) is 21.3 Å². The zero-order valence-corrected chi connectivity index (χ0v) is 16.9. The molecule has 1 atom stereocenters. The van der Waals surface area contributed by atoms with Crippen LogP contribution in [0.3, 0.4) is 0 Å². The number of amides is 1. The van der Waals surface area contributed by atoms with Crippen molar-refractivity contribution >= 4 is 17.2 Å². The molecule has 6 heteroatoms. The zero-order chi connectivity index (χ0) is 19.9. The summed E-state index contributed by atoms with van der Waals surface area (Å²) in [6, 6.07) is 17.4. The molecule has 28 heavy (non-hydrogen) atoms. The van der Waals surface area contributed by atoms with Crippen molar-refractivity contribution in [3.8, 4) is 17.2 Å². The number of nitrogens with one attached hydrogen (secondary N) is 1. The molecule has 0 unspecified atom stereocenters. The Bertz CT molecular complexity index is 885. The van der Waals surface area contributed by atoms with Crippen LogP contribution in [0.5, 0.6) is 17.2 Å². The molecule has 0 aliphatic rings. The average molecular weight is 397 g/mol. The number of hydrogen-bond donors (Lipinski definition) is 1. The molecule has 0 saturated carbocycles. The van der Waals surface area contributed by atoms with Gasteiger partial charge in [-0.2, -0.15) is 0 Å². The normalized spacial score (nSPS) is 11.5. The van der Waals surface area contributed by atoms with Gasteiger partial charge in [0.2, 0.25) is 11.7 Å². The Hall–Kier alpha value is -2.99. The fourth-order valence-electron chi connectivity index (χ4n) is 3.05. The van der Waals surface area contributed by atoms with Crippen LogP contribution in [0, 0.1) is 0 Å². The van der Waals surface area contributed by atoms with Crippen LogP contribution in [-0.2, 0) is 11.2 Å². The molecule has 0 bridgehead atoms. The van der Waals surface area contributed by atoms with Gasteiger partial charge in [0.25, 0.3) is 0 Å². The quantitative estimate of drug-likeness (QED) is 0.618. The minimum Gasteiger partial charge on any atom is -0.493 e. The lowest BCUT2D eigenvalue weighted by atomic mass is 10.0. The highest BCUT2D eigenvalue weighted by molar-refractivity contribution is 7.10. The minimum absolute atomic E-state index is 0.0865. The van der Waals surface area contributed by atoms with E-state index in [0.29, 0.717) is 17.2 Å². The maximum Gasteiger partial charge on any atom is 0.225 e. The summed E-state index contributed by atoms with van der Waals surface area (Å²) < 4.78 is 16.1. The minimum atomic E-state index is -0.185. The van der Waals surface area contributed by atoms with E-state index >= 15 is 0 Å². The topological polar surface area (TPSA) is 56.8 Å². The predicted molar refractivity (Wildman–Crippen MR) is 111 cm³/mol. The van der Waals surface area contributed by atoms with Gasteiger partial charge < -0.3 is 19.5 Å². The Morgan fingerprint density at radius 1 is 0.964 bits per heavy atom. The second kappa shape index (κ2) is 9.28. The average Bonchev–Trinajstić information content (AvgIpc) is 3.26. The highest BCUT2D eigenvalue weighted by atomic mass is 32.1. The molecule has 0 fully saturated rings. The maximum atomic E-state index is 12.8. The van der Waals surface area contributed by atoms with Gasteiger partial charge in [-0.3, -0.25) is 4.79 Å². The summed E-state index contributed by atoms with van der Waals surface area (Å²) in [5.74, 6) is 1.48. The van der Waals surface area contributed by atoms with Gasteiger partial charge in [-0.1, -0.05) is 36.4 Å². The van der Waals surface area contributed by atoms with E-state index in [1.807, 2.05) is 47.8 Å². The van der Waals surface area contributed by atoms with Gasteiger partial charge in [0.1, 0.15) is 0 Å². The van der Waals surface area contributed by atoms with Crippen molar-refractivity contribution < 1.29 is 19.0 Å². The first-order valence-electron chi connectivity index (χ1n) is 8.82. The number of thiophene rings is 1. The Morgan fingerprint density at radius 2 is 1.64 bits per heavy atom. The Morgan fingerprint density at radius 3 is 2.18 bits per heavy atom. The number of benzene rings is 2. The third-order valence-electron chi connectivity index (χ3n) is 4.36. The monoisotopic (exact) mass is 397 g/mol. The molecular formula is C22H23NO4S. The first-order valence-corrected chi connectivity index (χ1v) is 9.70. The van der Waals surface area contributed by atoms with E-state index in [4.69, 9.17) is 14.2 Å². The molecule has 146 valence electrons. The third-order valence-corrected chi connectivity index (χ3v) is 5.29. The molecule has 2 aromatic carbocycles. The van der Waals surface area contributed by atoms with Crippen LogP contribution in [0.15, 0.2) is 60.0 Å². The van der Waals surface area contributed by atoms with Crippen LogP contribution in [0.1, 0.15) is 22.0 Å². The van der Waals surface area contributed by atoms with E-state index in [1.165, 1.54) is 0 Å². The van der Waals surface area contributed by atoms with Crippen molar-refractivity contribution in [1.82, 2.24) is 5.32 Å². The molecule has 3 rings (SSSR count). The van der Waals surface area contributed by atoms with Gasteiger partial charge in [-0.15, -0.1) is 11.3 Å². The van der Waals surface area contributed by atoms with E-state index in [2.05, 4.69) is 5.32 Å². The number of carbonyl (C=O) groups excluding carboxylic acids is 1. The SMILES string of the molecule is COc1cc(CC(=O)N[C@H](c2ccccc2)c2cccs2)cc(OC)c1OC. The Balaban J connectivity index is 1.82. The predicted octanol–water partition coefficient (Wildman–Crippen LogP) is 4.22. The van der Waals surface area contributed by atoms with Gasteiger partial charge in [0.15, 0.2) is 11.5 Å². The molecule has 0 spiro atoms. The Labute approximate surface area is 168 Å². The highest BCUT2D eigenvalue weighted by Gasteiger charge is 2.19. The van der Waals surface area contributed by atoms with Crippen LogP contribution in [0.2, 0.25) is 0 Å². The van der Waals surface area contributed by atoms with E-state index in [1.54, 1.807) is 44.8 Å². The number of hydrogen-bond acceptors (Lipinski definition) is 5. The molecule has 0 radical (unpaired) electrons. The lowest BCUT2D eigenvalue weighted by Gasteiger charge is -2.19. The second-order valence-electron chi connectivity index (χ2n) is 6.14. The van der Waals surface area contributed by atoms with Gasteiger partial charge >= 0.3 is 0 Å². The summed E-state index contributed by atoms with van der Waals surface area (Å²) in [6.07, 6.45) is 0.200.